The van der Waals surface area contributed by atoms with E-state index in [9.17, 15) is 4.39 Å². The molecule has 0 bridgehead atoms. The summed E-state index contributed by atoms with van der Waals surface area (Å²) in [5.74, 6) is 0.382. The van der Waals surface area contributed by atoms with Gasteiger partial charge in [0.15, 0.2) is 11.6 Å². The Balaban J connectivity index is 1.73. The molecular formula is C14H14FN5O. The number of pyridine rings is 1. The van der Waals surface area contributed by atoms with E-state index in [2.05, 4.69) is 20.6 Å². The van der Waals surface area contributed by atoms with Gasteiger partial charge in [0.1, 0.15) is 12.1 Å². The number of halogens is 1. The fourth-order valence-electron chi connectivity index (χ4n) is 1.98. The molecule has 0 aliphatic carbocycles. The van der Waals surface area contributed by atoms with Crippen LogP contribution in [0.5, 0.6) is 0 Å². The van der Waals surface area contributed by atoms with Gasteiger partial charge in [0, 0.05) is 30.6 Å². The van der Waals surface area contributed by atoms with Crippen molar-refractivity contribution in [2.24, 2.45) is 0 Å². The van der Waals surface area contributed by atoms with Crippen molar-refractivity contribution in [3.63, 3.8) is 0 Å². The van der Waals surface area contributed by atoms with Crippen molar-refractivity contribution < 1.29 is 8.91 Å². The van der Waals surface area contributed by atoms with Crippen LogP contribution in [0.2, 0.25) is 0 Å². The summed E-state index contributed by atoms with van der Waals surface area (Å²) in [7, 11) is 0. The van der Waals surface area contributed by atoms with Crippen LogP contribution in [0.3, 0.4) is 0 Å². The predicted molar refractivity (Wildman–Crippen MR) is 74.5 cm³/mol. The summed E-state index contributed by atoms with van der Waals surface area (Å²) in [5.41, 5.74) is 1.90. The number of aromatic nitrogens is 4. The highest BCUT2D eigenvalue weighted by molar-refractivity contribution is 5.37. The molecule has 3 rings (SSSR count). The molecular weight excluding hydrogens is 273 g/mol. The summed E-state index contributed by atoms with van der Waals surface area (Å²) in [6.07, 6.45) is 5.60. The van der Waals surface area contributed by atoms with E-state index in [4.69, 9.17) is 4.52 Å². The zero-order valence-electron chi connectivity index (χ0n) is 11.5. The van der Waals surface area contributed by atoms with Gasteiger partial charge in [-0.3, -0.25) is 0 Å². The lowest BCUT2D eigenvalue weighted by molar-refractivity contribution is 0.412. The zero-order valence-corrected chi connectivity index (χ0v) is 11.5. The molecule has 3 aromatic rings. The first kappa shape index (κ1) is 13.3. The van der Waals surface area contributed by atoms with Crippen LogP contribution in [-0.2, 0) is 13.0 Å². The number of rotatable bonds is 5. The van der Waals surface area contributed by atoms with Gasteiger partial charge in [-0.25, -0.2) is 14.1 Å². The lowest BCUT2D eigenvalue weighted by atomic mass is 10.2. The quantitative estimate of drug-likeness (QED) is 0.781. The molecule has 1 N–H and O–H groups in total. The minimum Gasteiger partial charge on any atom is -0.364 e. The molecule has 0 saturated carbocycles. The predicted octanol–water partition coefficient (Wildman–Crippen LogP) is 2.57. The minimum absolute atomic E-state index is 0.171. The van der Waals surface area contributed by atoms with Gasteiger partial charge in [-0.15, -0.1) is 5.10 Å². The summed E-state index contributed by atoms with van der Waals surface area (Å²) in [6, 6.07) is 4.65. The van der Waals surface area contributed by atoms with Gasteiger partial charge in [0.2, 0.25) is 0 Å². The molecule has 0 atom stereocenters. The smallest absolute Gasteiger partial charge is 0.189 e. The third kappa shape index (κ3) is 2.76. The van der Waals surface area contributed by atoms with Gasteiger partial charge in [0.25, 0.3) is 0 Å². The van der Waals surface area contributed by atoms with E-state index in [1.165, 1.54) is 16.9 Å². The van der Waals surface area contributed by atoms with Gasteiger partial charge < -0.3 is 9.84 Å². The maximum Gasteiger partial charge on any atom is 0.189 e. The molecule has 0 saturated heterocycles. The fourth-order valence-corrected chi connectivity index (χ4v) is 1.98. The Morgan fingerprint density at radius 2 is 2.29 bits per heavy atom. The topological polar surface area (TPSA) is 68.8 Å². The first-order chi connectivity index (χ1) is 10.3. The lowest BCUT2D eigenvalue weighted by Crippen LogP contribution is -2.04. The normalized spacial score (nSPS) is 10.8. The Morgan fingerprint density at radius 1 is 1.38 bits per heavy atom. The van der Waals surface area contributed by atoms with Crippen LogP contribution in [-0.4, -0.2) is 19.9 Å². The average Bonchev–Trinajstić information content (AvgIpc) is 3.14. The Kier molecular flexibility index (Phi) is 3.63. The van der Waals surface area contributed by atoms with Crippen LogP contribution in [0, 0.1) is 5.82 Å². The van der Waals surface area contributed by atoms with Gasteiger partial charge in [-0.05, 0) is 18.6 Å². The fraction of sp³-hybridized carbons (Fsp3) is 0.214. The largest absolute Gasteiger partial charge is 0.364 e. The minimum atomic E-state index is -0.417. The zero-order chi connectivity index (χ0) is 14.7. The molecule has 3 heterocycles. The van der Waals surface area contributed by atoms with E-state index in [0.29, 0.717) is 12.4 Å². The van der Waals surface area contributed by atoms with E-state index in [0.717, 1.165) is 17.7 Å². The maximum absolute atomic E-state index is 13.6. The van der Waals surface area contributed by atoms with E-state index in [1.54, 1.807) is 24.6 Å². The second kappa shape index (κ2) is 5.74. The average molecular weight is 287 g/mol. The molecule has 0 aromatic carbocycles. The van der Waals surface area contributed by atoms with Crippen LogP contribution in [0.4, 0.5) is 10.2 Å². The summed E-state index contributed by atoms with van der Waals surface area (Å²) in [6.45, 7) is 2.56. The number of nitrogens with zero attached hydrogens (tertiary/aromatic N) is 4. The number of hydrogen-bond donors (Lipinski definition) is 1. The van der Waals surface area contributed by atoms with Crippen molar-refractivity contribution in [1.82, 2.24) is 19.9 Å². The monoisotopic (exact) mass is 287 g/mol. The Bertz CT molecular complexity index is 736. The molecule has 0 unspecified atom stereocenters. The highest BCUT2D eigenvalue weighted by atomic mass is 19.1. The summed E-state index contributed by atoms with van der Waals surface area (Å²) < 4.78 is 20.0. The van der Waals surface area contributed by atoms with Gasteiger partial charge >= 0.3 is 0 Å². The van der Waals surface area contributed by atoms with E-state index in [-0.39, 0.29) is 5.82 Å². The first-order valence-corrected chi connectivity index (χ1v) is 6.60. The Morgan fingerprint density at radius 3 is 3.10 bits per heavy atom. The van der Waals surface area contributed by atoms with Crippen molar-refractivity contribution in [1.29, 1.82) is 0 Å². The van der Waals surface area contributed by atoms with Crippen molar-refractivity contribution in [2.45, 2.75) is 19.9 Å². The molecule has 0 fully saturated rings. The van der Waals surface area contributed by atoms with Crippen molar-refractivity contribution in [2.75, 3.05) is 5.32 Å². The molecule has 0 spiro atoms. The third-order valence-corrected chi connectivity index (χ3v) is 3.07. The third-order valence-electron chi connectivity index (χ3n) is 3.07. The van der Waals surface area contributed by atoms with Crippen LogP contribution in [0.1, 0.15) is 18.2 Å². The van der Waals surface area contributed by atoms with Crippen LogP contribution >= 0.6 is 0 Å². The second-order valence-corrected chi connectivity index (χ2v) is 4.45. The Labute approximate surface area is 120 Å². The van der Waals surface area contributed by atoms with Gasteiger partial charge in [-0.2, -0.15) is 0 Å². The molecule has 7 heteroatoms. The second-order valence-electron chi connectivity index (χ2n) is 4.45. The highest BCUT2D eigenvalue weighted by Gasteiger charge is 2.09. The lowest BCUT2D eigenvalue weighted by Gasteiger charge is -2.03. The first-order valence-electron chi connectivity index (χ1n) is 6.60. The summed E-state index contributed by atoms with van der Waals surface area (Å²) in [4.78, 5) is 3.97. The van der Waals surface area contributed by atoms with Crippen molar-refractivity contribution in [3.8, 4) is 5.82 Å². The van der Waals surface area contributed by atoms with Crippen LogP contribution in [0.15, 0.2) is 41.4 Å². The SMILES string of the molecule is CCc1nocc1CNc1ccn(-c2ncccc2F)n1. The standard InChI is InChI=1S/C14H14FN5O/c1-2-12-10(9-21-19-12)8-17-13-5-7-20(18-13)14-11(15)4-3-6-16-14/h3-7,9H,2,8H2,1H3,(H,17,18). The molecule has 6 nitrogen and oxygen atoms in total. The van der Waals surface area contributed by atoms with E-state index in [1.807, 2.05) is 6.92 Å². The molecule has 108 valence electrons. The van der Waals surface area contributed by atoms with Gasteiger partial charge in [0.05, 0.1) is 5.69 Å². The number of anilines is 1. The summed E-state index contributed by atoms with van der Waals surface area (Å²) >= 11 is 0. The molecule has 21 heavy (non-hydrogen) atoms. The molecule has 0 aliphatic rings. The van der Waals surface area contributed by atoms with E-state index >= 15 is 0 Å². The van der Waals surface area contributed by atoms with Crippen molar-refractivity contribution >= 4 is 5.82 Å². The molecule has 0 radical (unpaired) electrons. The molecule has 0 amide bonds. The maximum atomic E-state index is 13.6. The van der Waals surface area contributed by atoms with Crippen molar-refractivity contribution in [3.05, 3.63) is 53.9 Å². The number of nitrogens with one attached hydrogen (secondary N) is 1. The molecule has 3 aromatic heterocycles. The van der Waals surface area contributed by atoms with Crippen LogP contribution < -0.4 is 5.32 Å². The van der Waals surface area contributed by atoms with Crippen LogP contribution in [0.25, 0.3) is 5.82 Å². The van der Waals surface area contributed by atoms with Gasteiger partial charge in [-0.1, -0.05) is 12.1 Å². The summed E-state index contributed by atoms with van der Waals surface area (Å²) in [5, 5.41) is 11.3. The molecule has 0 aliphatic heterocycles. The van der Waals surface area contributed by atoms with E-state index < -0.39 is 5.82 Å². The number of hydrogen-bond acceptors (Lipinski definition) is 5. The number of aryl methyl sites for hydroxylation is 1. The Hall–Kier alpha value is -2.70. The highest BCUT2D eigenvalue weighted by Crippen LogP contribution is 2.13.